The van der Waals surface area contributed by atoms with E-state index < -0.39 is 17.9 Å². The molecule has 1 heterocycles. The van der Waals surface area contributed by atoms with Gasteiger partial charge in [0.2, 0.25) is 5.91 Å². The van der Waals surface area contributed by atoms with Crippen molar-refractivity contribution in [1.82, 2.24) is 10.3 Å². The van der Waals surface area contributed by atoms with E-state index in [1.165, 1.54) is 6.08 Å². The number of hydrogen-bond donors (Lipinski definition) is 2. The number of hydrogen-bond acceptors (Lipinski definition) is 3. The van der Waals surface area contributed by atoms with E-state index in [9.17, 15) is 14.7 Å². The first-order valence-corrected chi connectivity index (χ1v) is 6.80. The van der Waals surface area contributed by atoms with E-state index >= 15 is 0 Å². The van der Waals surface area contributed by atoms with Crippen LogP contribution in [0, 0.1) is 0 Å². The van der Waals surface area contributed by atoms with Crippen molar-refractivity contribution in [3.8, 4) is 0 Å². The molecule has 2 aromatic rings. The Bertz CT molecular complexity index is 654. The van der Waals surface area contributed by atoms with Crippen LogP contribution in [0.15, 0.2) is 60.9 Å². The highest BCUT2D eigenvalue weighted by Crippen LogP contribution is 2.04. The summed E-state index contributed by atoms with van der Waals surface area (Å²) in [6.07, 6.45) is 6.38. The fourth-order valence-corrected chi connectivity index (χ4v) is 1.92. The lowest BCUT2D eigenvalue weighted by Gasteiger charge is -2.13. The van der Waals surface area contributed by atoms with Gasteiger partial charge in [0.1, 0.15) is 6.04 Å². The third-order valence-corrected chi connectivity index (χ3v) is 3.01. The van der Waals surface area contributed by atoms with Crippen LogP contribution in [0.2, 0.25) is 0 Å². The number of rotatable bonds is 6. The highest BCUT2D eigenvalue weighted by Gasteiger charge is 2.19. The van der Waals surface area contributed by atoms with Crippen molar-refractivity contribution in [2.24, 2.45) is 0 Å². The molecule has 0 saturated heterocycles. The monoisotopic (exact) mass is 296 g/mol. The Labute approximate surface area is 128 Å². The largest absolute Gasteiger partial charge is 0.480 e. The highest BCUT2D eigenvalue weighted by molar-refractivity contribution is 5.94. The number of carbonyl (C=O) groups excluding carboxylic acids is 1. The highest BCUT2D eigenvalue weighted by atomic mass is 16.4. The topological polar surface area (TPSA) is 79.3 Å². The van der Waals surface area contributed by atoms with Crippen LogP contribution in [-0.2, 0) is 16.0 Å². The first kappa shape index (κ1) is 15.4. The molecular weight excluding hydrogens is 280 g/mol. The van der Waals surface area contributed by atoms with Crippen molar-refractivity contribution in [3.05, 3.63) is 72.1 Å². The fraction of sp³-hybridized carbons (Fsp3) is 0.118. The average Bonchev–Trinajstić information content (AvgIpc) is 2.54. The zero-order chi connectivity index (χ0) is 15.8. The maximum absolute atomic E-state index is 11.8. The van der Waals surface area contributed by atoms with E-state index in [1.54, 1.807) is 30.6 Å². The number of carbonyl (C=O) groups is 2. The predicted octanol–water partition coefficient (Wildman–Crippen LogP) is 1.91. The van der Waals surface area contributed by atoms with Crippen LogP contribution in [0.25, 0.3) is 6.08 Å². The minimum atomic E-state index is -1.06. The summed E-state index contributed by atoms with van der Waals surface area (Å²) in [5, 5.41) is 11.7. The maximum Gasteiger partial charge on any atom is 0.326 e. The Balaban J connectivity index is 1.97. The number of nitrogens with one attached hydrogen (secondary N) is 1. The van der Waals surface area contributed by atoms with Crippen molar-refractivity contribution in [1.29, 1.82) is 0 Å². The minimum Gasteiger partial charge on any atom is -0.480 e. The van der Waals surface area contributed by atoms with Crippen molar-refractivity contribution in [2.45, 2.75) is 12.5 Å². The Hall–Kier alpha value is -2.95. The number of carboxylic acid groups (broad SMARTS) is 1. The lowest BCUT2D eigenvalue weighted by molar-refractivity contribution is -0.141. The lowest BCUT2D eigenvalue weighted by Crippen LogP contribution is -2.41. The Kier molecular flexibility index (Phi) is 5.43. The number of amides is 1. The molecule has 0 fully saturated rings. The molecule has 0 radical (unpaired) electrons. The minimum absolute atomic E-state index is 0.239. The van der Waals surface area contributed by atoms with Gasteiger partial charge in [-0.2, -0.15) is 0 Å². The predicted molar refractivity (Wildman–Crippen MR) is 83.0 cm³/mol. The van der Waals surface area contributed by atoms with Crippen LogP contribution in [0.5, 0.6) is 0 Å². The molecule has 1 amide bonds. The SMILES string of the molecule is O=C(/C=C/c1cccnc1)N[C@@H](Cc1ccccc1)C(=O)O. The maximum atomic E-state index is 11.8. The zero-order valence-corrected chi connectivity index (χ0v) is 11.8. The smallest absolute Gasteiger partial charge is 0.326 e. The molecule has 0 unspecified atom stereocenters. The molecule has 0 saturated carbocycles. The van der Waals surface area contributed by atoms with Gasteiger partial charge < -0.3 is 10.4 Å². The molecule has 0 aliphatic rings. The van der Waals surface area contributed by atoms with Crippen LogP contribution in [0.1, 0.15) is 11.1 Å². The van der Waals surface area contributed by atoms with Crippen LogP contribution >= 0.6 is 0 Å². The molecule has 112 valence electrons. The van der Waals surface area contributed by atoms with E-state index in [4.69, 9.17) is 0 Å². The molecule has 2 N–H and O–H groups in total. The number of nitrogens with zero attached hydrogens (tertiary/aromatic N) is 1. The number of carboxylic acids is 1. The second-order valence-electron chi connectivity index (χ2n) is 4.71. The quantitative estimate of drug-likeness (QED) is 0.798. The van der Waals surface area contributed by atoms with E-state index in [2.05, 4.69) is 10.3 Å². The van der Waals surface area contributed by atoms with E-state index in [-0.39, 0.29) is 6.42 Å². The molecule has 1 atom stereocenters. The van der Waals surface area contributed by atoms with Gasteiger partial charge in [0.05, 0.1) is 0 Å². The van der Waals surface area contributed by atoms with Gasteiger partial charge in [-0.05, 0) is 23.3 Å². The standard InChI is InChI=1S/C17H16N2O3/c20-16(9-8-14-7-4-10-18-12-14)19-15(17(21)22)11-13-5-2-1-3-6-13/h1-10,12,15H,11H2,(H,19,20)(H,21,22)/b9-8+/t15-/m0/s1. The lowest BCUT2D eigenvalue weighted by atomic mass is 10.1. The number of pyridine rings is 1. The van der Waals surface area contributed by atoms with E-state index in [0.717, 1.165) is 11.1 Å². The number of aliphatic carboxylic acids is 1. The van der Waals surface area contributed by atoms with E-state index in [1.807, 2.05) is 30.3 Å². The number of aromatic nitrogens is 1. The van der Waals surface area contributed by atoms with Gasteiger partial charge in [0.25, 0.3) is 0 Å². The summed E-state index contributed by atoms with van der Waals surface area (Å²) in [4.78, 5) is 27.0. The zero-order valence-electron chi connectivity index (χ0n) is 11.8. The summed E-state index contributed by atoms with van der Waals surface area (Å²) < 4.78 is 0. The molecule has 0 spiro atoms. The van der Waals surface area contributed by atoms with Gasteiger partial charge in [-0.1, -0.05) is 36.4 Å². The van der Waals surface area contributed by atoms with Gasteiger partial charge >= 0.3 is 5.97 Å². The first-order valence-electron chi connectivity index (χ1n) is 6.80. The average molecular weight is 296 g/mol. The summed E-state index contributed by atoms with van der Waals surface area (Å²) in [7, 11) is 0. The Morgan fingerprint density at radius 3 is 2.59 bits per heavy atom. The van der Waals surface area contributed by atoms with Crippen molar-refractivity contribution >= 4 is 18.0 Å². The molecule has 0 aliphatic carbocycles. The molecule has 1 aromatic heterocycles. The molecule has 5 heteroatoms. The van der Waals surface area contributed by atoms with Crippen molar-refractivity contribution in [3.63, 3.8) is 0 Å². The Morgan fingerprint density at radius 2 is 1.95 bits per heavy atom. The van der Waals surface area contributed by atoms with Crippen LogP contribution in [0.3, 0.4) is 0 Å². The second-order valence-corrected chi connectivity index (χ2v) is 4.71. The van der Waals surface area contributed by atoms with Gasteiger partial charge in [0, 0.05) is 24.9 Å². The summed E-state index contributed by atoms with van der Waals surface area (Å²) in [5.74, 6) is -1.51. The molecule has 22 heavy (non-hydrogen) atoms. The fourth-order valence-electron chi connectivity index (χ4n) is 1.92. The first-order chi connectivity index (χ1) is 10.6. The third kappa shape index (κ3) is 4.86. The van der Waals surface area contributed by atoms with Gasteiger partial charge in [-0.15, -0.1) is 0 Å². The van der Waals surface area contributed by atoms with E-state index in [0.29, 0.717) is 0 Å². The van der Waals surface area contributed by atoms with Crippen LogP contribution in [-0.4, -0.2) is 28.0 Å². The summed E-state index contributed by atoms with van der Waals surface area (Å²) in [6.45, 7) is 0. The third-order valence-electron chi connectivity index (χ3n) is 3.01. The van der Waals surface area contributed by atoms with Crippen molar-refractivity contribution in [2.75, 3.05) is 0 Å². The molecular formula is C17H16N2O3. The van der Waals surface area contributed by atoms with Crippen molar-refractivity contribution < 1.29 is 14.7 Å². The van der Waals surface area contributed by atoms with Gasteiger partial charge in [-0.25, -0.2) is 4.79 Å². The van der Waals surface area contributed by atoms with Crippen LogP contribution < -0.4 is 5.32 Å². The molecule has 2 rings (SSSR count). The normalized spacial score (nSPS) is 12.0. The number of benzene rings is 1. The second kappa shape index (κ2) is 7.73. The molecule has 0 aliphatic heterocycles. The molecule has 1 aromatic carbocycles. The summed E-state index contributed by atoms with van der Waals surface area (Å²) in [5.41, 5.74) is 1.62. The van der Waals surface area contributed by atoms with Gasteiger partial charge in [-0.3, -0.25) is 9.78 Å². The Morgan fingerprint density at radius 1 is 1.18 bits per heavy atom. The summed E-state index contributed by atoms with van der Waals surface area (Å²) >= 11 is 0. The summed E-state index contributed by atoms with van der Waals surface area (Å²) in [6, 6.07) is 11.8. The van der Waals surface area contributed by atoms with Gasteiger partial charge in [0.15, 0.2) is 0 Å². The molecule has 0 bridgehead atoms. The van der Waals surface area contributed by atoms with Crippen LogP contribution in [0.4, 0.5) is 0 Å². The molecule has 5 nitrogen and oxygen atoms in total.